The van der Waals surface area contributed by atoms with Gasteiger partial charge in [-0.1, -0.05) is 77.6 Å². The van der Waals surface area contributed by atoms with Crippen LogP contribution in [0.15, 0.2) is 75.7 Å². The van der Waals surface area contributed by atoms with E-state index < -0.39 is 23.6 Å². The summed E-state index contributed by atoms with van der Waals surface area (Å²) in [6.07, 6.45) is 7.54. The van der Waals surface area contributed by atoms with E-state index in [2.05, 4.69) is 82.6 Å². The van der Waals surface area contributed by atoms with E-state index in [0.717, 1.165) is 74.2 Å². The molecule has 0 bridgehead atoms. The third-order valence-corrected chi connectivity index (χ3v) is 13.9. The molecule has 6 aromatic rings. The molecule has 2 aliphatic heterocycles. The predicted molar refractivity (Wildman–Crippen MR) is 265 cm³/mol. The van der Waals surface area contributed by atoms with Gasteiger partial charge >= 0.3 is 5.69 Å². The van der Waals surface area contributed by atoms with Crippen molar-refractivity contribution in [2.24, 2.45) is 11.7 Å². The highest BCUT2D eigenvalue weighted by Crippen LogP contribution is 2.36. The van der Waals surface area contributed by atoms with E-state index in [4.69, 9.17) is 15.5 Å². The number of rotatable bonds is 23. The van der Waals surface area contributed by atoms with Crippen molar-refractivity contribution in [3.8, 4) is 11.3 Å². The number of aliphatic hydroxyl groups is 1. The van der Waals surface area contributed by atoms with Crippen LogP contribution in [0.25, 0.3) is 22.4 Å². The molecule has 2 aliphatic rings. The zero-order valence-corrected chi connectivity index (χ0v) is 40.6. The van der Waals surface area contributed by atoms with Gasteiger partial charge in [-0.15, -0.1) is 10.2 Å². The number of aromatic nitrogens is 10. The molecule has 2 saturated heterocycles. The Bertz CT molecular complexity index is 2800. The maximum absolute atomic E-state index is 13.0. The van der Waals surface area contributed by atoms with Gasteiger partial charge in [0.05, 0.1) is 25.4 Å². The minimum Gasteiger partial charge on any atom is -0.394 e. The molecule has 0 saturated carbocycles. The molecule has 7 N–H and O–H groups in total. The molecule has 4 aromatic heterocycles. The van der Waals surface area contributed by atoms with Crippen molar-refractivity contribution >= 4 is 40.6 Å². The van der Waals surface area contributed by atoms with Gasteiger partial charge < -0.3 is 36.4 Å². The summed E-state index contributed by atoms with van der Waals surface area (Å²) in [5.41, 5.74) is 11.2. The largest absolute Gasteiger partial charge is 0.394 e. The van der Waals surface area contributed by atoms with Crippen LogP contribution in [0.3, 0.4) is 0 Å². The second-order valence-corrected chi connectivity index (χ2v) is 19.0. The van der Waals surface area contributed by atoms with Crippen molar-refractivity contribution < 1.29 is 19.4 Å². The third-order valence-electron chi connectivity index (χ3n) is 12.8. The molecule has 8 rings (SSSR count). The van der Waals surface area contributed by atoms with Crippen molar-refractivity contribution in [2.45, 2.75) is 95.3 Å². The number of ether oxygens (including phenoxy) is 1. The van der Waals surface area contributed by atoms with E-state index in [1.807, 2.05) is 28.9 Å². The van der Waals surface area contributed by atoms with Gasteiger partial charge in [0.1, 0.15) is 18.0 Å². The number of carbonyl (C=O) groups is 2. The van der Waals surface area contributed by atoms with E-state index in [9.17, 15) is 24.3 Å². The van der Waals surface area contributed by atoms with E-state index in [1.165, 1.54) is 16.3 Å². The number of carbonyl (C=O) groups excluding carboxylic acids is 2. The zero-order chi connectivity index (χ0) is 49.0. The number of aromatic amines is 1. The molecule has 0 aliphatic carbocycles. The monoisotopic (exact) mass is 977 g/mol. The van der Waals surface area contributed by atoms with E-state index in [1.54, 1.807) is 29.6 Å². The quantitative estimate of drug-likeness (QED) is 0.0306. The summed E-state index contributed by atoms with van der Waals surface area (Å²) in [5, 5.41) is 37.6. The molecule has 6 heterocycles. The molecule has 2 aromatic carbocycles. The molecule has 0 unspecified atom stereocenters. The number of anilines is 1. The summed E-state index contributed by atoms with van der Waals surface area (Å²) in [4.78, 5) is 64.1. The Morgan fingerprint density at radius 2 is 1.69 bits per heavy atom. The topological polar surface area (TPSA) is 271 Å². The van der Waals surface area contributed by atoms with Crippen molar-refractivity contribution in [3.05, 3.63) is 104 Å². The van der Waals surface area contributed by atoms with Crippen molar-refractivity contribution in [3.63, 3.8) is 0 Å². The maximum atomic E-state index is 13.0. The first-order valence-corrected chi connectivity index (χ1v) is 25.2. The minimum atomic E-state index is -0.686. The van der Waals surface area contributed by atoms with Crippen molar-refractivity contribution in [1.29, 1.82) is 0 Å². The van der Waals surface area contributed by atoms with Gasteiger partial charge in [0, 0.05) is 74.6 Å². The van der Waals surface area contributed by atoms with Crippen LogP contribution in [0.5, 0.6) is 0 Å². The fourth-order valence-corrected chi connectivity index (χ4v) is 9.50. The SMILES string of the molecule is CCCSc1nc(NCCN)c2nnn(Cc3ccc(CCCNC(=O)C4CCN(CCNC(=O)CCc5ccc(-c6cn([C@H]7C[C@H](n8cc(C)c(=O)[nH]c8=O)O[C@@H]7CO)nn6)cc5)CC4)cc3)c2n1. The molecule has 372 valence electrons. The van der Waals surface area contributed by atoms with Crippen LogP contribution in [0.1, 0.15) is 80.0 Å². The van der Waals surface area contributed by atoms with E-state index >= 15 is 0 Å². The fourth-order valence-electron chi connectivity index (χ4n) is 8.81. The lowest BCUT2D eigenvalue weighted by atomic mass is 9.96. The number of fused-ring (bicyclic) bond motifs is 1. The average Bonchev–Trinajstić information content (AvgIpc) is 4.15. The van der Waals surface area contributed by atoms with Gasteiger partial charge in [0.2, 0.25) is 11.8 Å². The highest BCUT2D eigenvalue weighted by atomic mass is 32.2. The van der Waals surface area contributed by atoms with Crippen LogP contribution in [0.4, 0.5) is 5.82 Å². The van der Waals surface area contributed by atoms with Crippen LogP contribution in [-0.4, -0.2) is 136 Å². The smallest absolute Gasteiger partial charge is 0.330 e. The summed E-state index contributed by atoms with van der Waals surface area (Å²) >= 11 is 1.61. The molecular formula is C48H63N15O6S. The Morgan fingerprint density at radius 1 is 0.929 bits per heavy atom. The van der Waals surface area contributed by atoms with Crippen LogP contribution in [0, 0.1) is 12.8 Å². The van der Waals surface area contributed by atoms with Crippen LogP contribution < -0.4 is 32.9 Å². The number of nitrogens with two attached hydrogens (primary N) is 1. The van der Waals surface area contributed by atoms with Gasteiger partial charge in [-0.05, 0) is 75.2 Å². The van der Waals surface area contributed by atoms with E-state index in [0.29, 0.717) is 85.4 Å². The first-order chi connectivity index (χ1) is 34.1. The molecule has 0 spiro atoms. The second kappa shape index (κ2) is 24.0. The number of nitrogens with one attached hydrogen (secondary N) is 4. The number of aryl methyl sites for hydroxylation is 3. The predicted octanol–water partition coefficient (Wildman–Crippen LogP) is 2.59. The number of likely N-dealkylation sites (tertiary alicyclic amines) is 1. The number of hydrogen-bond acceptors (Lipinski definition) is 16. The Morgan fingerprint density at radius 3 is 2.44 bits per heavy atom. The highest BCUT2D eigenvalue weighted by Gasteiger charge is 2.38. The molecule has 70 heavy (non-hydrogen) atoms. The Balaban J connectivity index is 0.696. The van der Waals surface area contributed by atoms with Gasteiger partial charge in [0.25, 0.3) is 5.56 Å². The van der Waals surface area contributed by atoms with Gasteiger partial charge in [-0.25, -0.2) is 24.1 Å². The number of piperidine rings is 1. The molecule has 2 fully saturated rings. The van der Waals surface area contributed by atoms with E-state index in [-0.39, 0.29) is 30.4 Å². The lowest BCUT2D eigenvalue weighted by Crippen LogP contribution is -2.43. The molecule has 2 amide bonds. The first-order valence-electron chi connectivity index (χ1n) is 24.2. The third kappa shape index (κ3) is 12.7. The number of benzene rings is 2. The van der Waals surface area contributed by atoms with Crippen molar-refractivity contribution in [2.75, 3.05) is 63.5 Å². The summed E-state index contributed by atoms with van der Waals surface area (Å²) in [7, 11) is 0. The molecule has 0 radical (unpaired) electrons. The minimum absolute atomic E-state index is 0.00346. The van der Waals surface area contributed by atoms with Gasteiger partial charge in [0.15, 0.2) is 22.1 Å². The number of amides is 2. The Kier molecular flexibility index (Phi) is 17.2. The summed E-state index contributed by atoms with van der Waals surface area (Å²) in [6.45, 7) is 8.60. The van der Waals surface area contributed by atoms with Crippen molar-refractivity contribution in [1.82, 2.24) is 65.0 Å². The first kappa shape index (κ1) is 50.1. The number of thioether (sulfide) groups is 1. The Labute approximate surface area is 409 Å². The summed E-state index contributed by atoms with van der Waals surface area (Å²) in [6, 6.07) is 15.9. The van der Waals surface area contributed by atoms with Crippen LogP contribution >= 0.6 is 11.8 Å². The molecule has 3 atom stereocenters. The van der Waals surface area contributed by atoms with Crippen LogP contribution in [0.2, 0.25) is 0 Å². The lowest BCUT2D eigenvalue weighted by molar-refractivity contribution is -0.126. The summed E-state index contributed by atoms with van der Waals surface area (Å²) < 4.78 is 10.8. The second-order valence-electron chi connectivity index (χ2n) is 17.9. The maximum Gasteiger partial charge on any atom is 0.330 e. The van der Waals surface area contributed by atoms with Gasteiger partial charge in [-0.2, -0.15) is 0 Å². The van der Waals surface area contributed by atoms with Crippen LogP contribution in [-0.2, 0) is 33.7 Å². The summed E-state index contributed by atoms with van der Waals surface area (Å²) in [5.74, 6) is 1.68. The highest BCUT2D eigenvalue weighted by molar-refractivity contribution is 7.99. The lowest BCUT2D eigenvalue weighted by Gasteiger charge is -2.31. The standard InChI is InChI=1S/C48H63N15O6S/c1-3-25-70-47-53-43(51-20-18-49)42-44(54-47)63(59-57-42)28-34-8-6-32(7-9-34)5-4-19-52-46(67)36-16-22-60(23-17-36)24-21-50-40(65)15-12-33-10-13-35(14-11-33)37-29-62(58-56-37)38-26-41(69-39(38)30-64)61-27-31(2)45(66)55-48(61)68/h6-11,13-14,27,29,36,38-39,41,64H,3-5,12,15-26,28,30,49H2,1-2H3,(H,50,65)(H,52,67)(H,51,53,54)(H,55,66,68)/t38-,39+,41+/m0/s1. The number of H-pyrrole nitrogens is 1. The van der Waals surface area contributed by atoms with Gasteiger partial charge in [-0.3, -0.25) is 23.9 Å². The number of aliphatic hydroxyl groups excluding tert-OH is 1. The average molecular weight is 978 g/mol. The molecule has 21 nitrogen and oxygen atoms in total. The normalized spacial score (nSPS) is 17.6. The molecular weight excluding hydrogens is 915 g/mol. The molecule has 22 heteroatoms. The number of hydrogen-bond donors (Lipinski definition) is 6. The zero-order valence-electron chi connectivity index (χ0n) is 39.8. The Hall–Kier alpha value is -6.33. The number of nitrogens with zero attached hydrogens (tertiary/aromatic N) is 10. The fraction of sp³-hybridized carbons (Fsp3) is 0.500.